The fourth-order valence-electron chi connectivity index (χ4n) is 5.79. The van der Waals surface area contributed by atoms with Gasteiger partial charge in [-0.05, 0) is 73.2 Å². The lowest BCUT2D eigenvalue weighted by atomic mass is 9.80. The zero-order valence-corrected chi connectivity index (χ0v) is 22.8. The first-order valence-corrected chi connectivity index (χ1v) is 13.9. The summed E-state index contributed by atoms with van der Waals surface area (Å²) in [6.07, 6.45) is 2.28. The molecule has 188 valence electrons. The van der Waals surface area contributed by atoms with Gasteiger partial charge >= 0.3 is 0 Å². The van der Waals surface area contributed by atoms with Crippen LogP contribution in [0, 0.1) is 5.92 Å². The molecule has 1 N–H and O–H groups in total. The Morgan fingerprint density at radius 3 is 2.31 bits per heavy atom. The van der Waals surface area contributed by atoms with E-state index in [-0.39, 0.29) is 17.6 Å². The lowest BCUT2D eigenvalue weighted by Crippen LogP contribution is -2.39. The number of Topliss-reactive ketones (excluding diaryl/α,β-unsaturated/α-hetero) is 1. The number of hydrogen-bond donors (Lipinski definition) is 1. The number of nitrogens with one attached hydrogen (secondary N) is 1. The van der Waals surface area contributed by atoms with Crippen LogP contribution in [0.2, 0.25) is 20.1 Å². The molecule has 0 aliphatic carbocycles. The molecular weight excluding hydrogens is 534 g/mol. The molecule has 36 heavy (non-hydrogen) atoms. The van der Waals surface area contributed by atoms with E-state index in [0.717, 1.165) is 44.6 Å². The van der Waals surface area contributed by atoms with E-state index in [0.29, 0.717) is 31.6 Å². The van der Waals surface area contributed by atoms with Crippen LogP contribution < -0.4 is 5.32 Å². The van der Waals surface area contributed by atoms with Crippen LogP contribution >= 0.6 is 46.4 Å². The summed E-state index contributed by atoms with van der Waals surface area (Å²) in [5, 5.41) is 5.18. The number of carbonyl (C=O) groups is 1. The minimum Gasteiger partial charge on any atom is -0.306 e. The standard InChI is InChI=1S/C29H28Cl4N2O/c30-23-10-9-20(15-25(23)32)26-21(16-34-28(26)29(36)22-7-4-8-24(31)27(22)33)17-35-13-11-19(12-14-35)18-5-2-1-3-6-18/h1-10,15,19,21,26,28,34H,11-14,16-17H2. The molecule has 0 saturated carbocycles. The molecule has 7 heteroatoms. The number of piperidine rings is 1. The Morgan fingerprint density at radius 1 is 0.833 bits per heavy atom. The van der Waals surface area contributed by atoms with Gasteiger partial charge in [0.1, 0.15) is 0 Å². The van der Waals surface area contributed by atoms with E-state index in [2.05, 4.69) is 40.5 Å². The SMILES string of the molecule is O=C(c1cccc(Cl)c1Cl)C1NCC(CN2CCC(c3ccccc3)CC2)C1c1ccc(Cl)c(Cl)c1. The molecule has 3 unspecified atom stereocenters. The molecule has 5 rings (SSSR count). The van der Waals surface area contributed by atoms with Gasteiger partial charge in [0.25, 0.3) is 0 Å². The minimum atomic E-state index is -0.426. The van der Waals surface area contributed by atoms with Crippen molar-refractivity contribution in [2.24, 2.45) is 5.92 Å². The van der Waals surface area contributed by atoms with Gasteiger partial charge in [-0.15, -0.1) is 0 Å². The van der Waals surface area contributed by atoms with Gasteiger partial charge in [0.05, 0.1) is 26.1 Å². The van der Waals surface area contributed by atoms with Crippen molar-refractivity contribution in [1.82, 2.24) is 10.2 Å². The minimum absolute atomic E-state index is 0.0520. The third-order valence-corrected chi connectivity index (χ3v) is 9.20. The molecule has 0 spiro atoms. The lowest BCUT2D eigenvalue weighted by molar-refractivity contribution is 0.0938. The number of carbonyl (C=O) groups excluding carboxylic acids is 1. The highest BCUT2D eigenvalue weighted by molar-refractivity contribution is 6.44. The quantitative estimate of drug-likeness (QED) is 0.312. The molecule has 0 amide bonds. The highest BCUT2D eigenvalue weighted by Gasteiger charge is 2.42. The number of hydrogen-bond acceptors (Lipinski definition) is 3. The Morgan fingerprint density at radius 2 is 1.58 bits per heavy atom. The first-order valence-electron chi connectivity index (χ1n) is 12.4. The normalized spacial score (nSPS) is 23.2. The lowest BCUT2D eigenvalue weighted by Gasteiger charge is -2.35. The number of benzene rings is 3. The first-order chi connectivity index (χ1) is 17.4. The second kappa shape index (κ2) is 11.4. The molecular formula is C29H28Cl4N2O. The highest BCUT2D eigenvalue weighted by Crippen LogP contribution is 2.39. The van der Waals surface area contributed by atoms with E-state index >= 15 is 0 Å². The Bertz CT molecular complexity index is 1230. The van der Waals surface area contributed by atoms with Crippen molar-refractivity contribution in [1.29, 1.82) is 0 Å². The molecule has 2 saturated heterocycles. The molecule has 3 nitrogen and oxygen atoms in total. The summed E-state index contributed by atoms with van der Waals surface area (Å²) in [7, 11) is 0. The Labute approximate surface area is 232 Å². The maximum Gasteiger partial charge on any atom is 0.181 e. The number of nitrogens with zero attached hydrogens (tertiary/aromatic N) is 1. The van der Waals surface area contributed by atoms with Crippen molar-refractivity contribution in [3.05, 3.63) is 104 Å². The van der Waals surface area contributed by atoms with Crippen molar-refractivity contribution in [3.63, 3.8) is 0 Å². The number of ketones is 1. The molecule has 3 atom stereocenters. The van der Waals surface area contributed by atoms with Gasteiger partial charge in [-0.1, -0.05) is 88.9 Å². The van der Waals surface area contributed by atoms with E-state index in [1.165, 1.54) is 5.56 Å². The van der Waals surface area contributed by atoms with Crippen LogP contribution in [-0.4, -0.2) is 42.9 Å². The van der Waals surface area contributed by atoms with Gasteiger partial charge in [0, 0.05) is 24.6 Å². The highest BCUT2D eigenvalue weighted by atomic mass is 35.5. The Balaban J connectivity index is 1.36. The second-order valence-corrected chi connectivity index (χ2v) is 11.4. The van der Waals surface area contributed by atoms with Crippen molar-refractivity contribution in [3.8, 4) is 0 Å². The van der Waals surface area contributed by atoms with Crippen LogP contribution in [0.25, 0.3) is 0 Å². The van der Waals surface area contributed by atoms with E-state index < -0.39 is 6.04 Å². The largest absolute Gasteiger partial charge is 0.306 e. The van der Waals surface area contributed by atoms with Crippen LogP contribution in [-0.2, 0) is 0 Å². The molecule has 2 heterocycles. The second-order valence-electron chi connectivity index (χ2n) is 9.80. The molecule has 3 aromatic carbocycles. The van der Waals surface area contributed by atoms with E-state index in [1.54, 1.807) is 18.2 Å². The number of halogens is 4. The number of likely N-dealkylation sites (tertiary alicyclic amines) is 1. The number of rotatable bonds is 6. The van der Waals surface area contributed by atoms with Crippen LogP contribution in [0.5, 0.6) is 0 Å². The maximum absolute atomic E-state index is 13.7. The van der Waals surface area contributed by atoms with E-state index in [9.17, 15) is 4.79 Å². The zero-order chi connectivity index (χ0) is 25.2. The fourth-order valence-corrected chi connectivity index (χ4v) is 6.49. The topological polar surface area (TPSA) is 32.3 Å². The molecule has 0 aromatic heterocycles. The Hall–Kier alpha value is -1.59. The van der Waals surface area contributed by atoms with Crippen molar-refractivity contribution >= 4 is 52.2 Å². The van der Waals surface area contributed by atoms with Crippen LogP contribution in [0.15, 0.2) is 66.7 Å². The monoisotopic (exact) mass is 560 g/mol. The molecule has 0 radical (unpaired) electrons. The first kappa shape index (κ1) is 26.0. The molecule has 3 aromatic rings. The van der Waals surface area contributed by atoms with Crippen LogP contribution in [0.3, 0.4) is 0 Å². The summed E-state index contributed by atoms with van der Waals surface area (Å²) in [6.45, 7) is 3.73. The van der Waals surface area contributed by atoms with Gasteiger partial charge in [0.2, 0.25) is 0 Å². The van der Waals surface area contributed by atoms with E-state index in [4.69, 9.17) is 46.4 Å². The fraction of sp³-hybridized carbons (Fsp3) is 0.345. The van der Waals surface area contributed by atoms with Gasteiger partial charge < -0.3 is 10.2 Å². The third-order valence-electron chi connectivity index (χ3n) is 7.65. The summed E-state index contributed by atoms with van der Waals surface area (Å²) in [6, 6.07) is 21.3. The van der Waals surface area contributed by atoms with Gasteiger partial charge in [-0.25, -0.2) is 0 Å². The maximum atomic E-state index is 13.7. The summed E-state index contributed by atoms with van der Waals surface area (Å²) < 4.78 is 0. The summed E-state index contributed by atoms with van der Waals surface area (Å²) in [4.78, 5) is 16.3. The van der Waals surface area contributed by atoms with E-state index in [1.807, 2.05) is 18.2 Å². The predicted molar refractivity (Wildman–Crippen MR) is 150 cm³/mol. The average Bonchev–Trinajstić information content (AvgIpc) is 3.31. The summed E-state index contributed by atoms with van der Waals surface area (Å²) in [5.74, 6) is 0.731. The average molecular weight is 562 g/mol. The van der Waals surface area contributed by atoms with Crippen LogP contribution in [0.1, 0.15) is 46.2 Å². The smallest absolute Gasteiger partial charge is 0.181 e. The van der Waals surface area contributed by atoms with Gasteiger partial charge in [-0.3, -0.25) is 4.79 Å². The third kappa shape index (κ3) is 5.48. The van der Waals surface area contributed by atoms with Gasteiger partial charge in [-0.2, -0.15) is 0 Å². The van der Waals surface area contributed by atoms with Crippen molar-refractivity contribution in [2.45, 2.75) is 30.7 Å². The summed E-state index contributed by atoms with van der Waals surface area (Å²) in [5.41, 5.74) is 2.88. The van der Waals surface area contributed by atoms with Crippen LogP contribution in [0.4, 0.5) is 0 Å². The predicted octanol–water partition coefficient (Wildman–Crippen LogP) is 7.73. The molecule has 0 bridgehead atoms. The van der Waals surface area contributed by atoms with Gasteiger partial charge in [0.15, 0.2) is 5.78 Å². The molecule has 2 aliphatic rings. The van der Waals surface area contributed by atoms with Crippen molar-refractivity contribution in [2.75, 3.05) is 26.2 Å². The Kier molecular flexibility index (Phi) is 8.27. The zero-order valence-electron chi connectivity index (χ0n) is 19.8. The molecule has 2 fully saturated rings. The summed E-state index contributed by atoms with van der Waals surface area (Å²) >= 11 is 25.3. The van der Waals surface area contributed by atoms with Crippen molar-refractivity contribution < 1.29 is 4.79 Å². The molecule has 2 aliphatic heterocycles.